The normalized spacial score (nSPS) is 10.2. The molecule has 0 radical (unpaired) electrons. The topological polar surface area (TPSA) is 49.4 Å². The van der Waals surface area contributed by atoms with Gasteiger partial charge in [-0.15, -0.1) is 0 Å². The van der Waals surface area contributed by atoms with Crippen molar-refractivity contribution in [2.24, 2.45) is 0 Å². The van der Waals surface area contributed by atoms with Crippen molar-refractivity contribution in [2.45, 2.75) is 20.4 Å². The van der Waals surface area contributed by atoms with Crippen molar-refractivity contribution in [1.29, 1.82) is 0 Å². The second-order valence-corrected chi connectivity index (χ2v) is 6.18. The van der Waals surface area contributed by atoms with E-state index in [0.717, 1.165) is 15.6 Å². The Bertz CT molecular complexity index is 701. The van der Waals surface area contributed by atoms with Crippen LogP contribution in [-0.2, 0) is 16.1 Å². The lowest BCUT2D eigenvalue weighted by Crippen LogP contribution is -2.39. The number of rotatable bonds is 5. The molecule has 1 N–H and O–H groups in total. The highest BCUT2D eigenvalue weighted by Crippen LogP contribution is 2.27. The minimum absolute atomic E-state index is 0.0101. The summed E-state index contributed by atoms with van der Waals surface area (Å²) in [5.74, 6) is -0.374. The second-order valence-electron chi connectivity index (χ2n) is 5.32. The molecule has 23 heavy (non-hydrogen) atoms. The third-order valence-corrected chi connectivity index (χ3v) is 4.04. The highest BCUT2D eigenvalue weighted by Gasteiger charge is 2.18. The lowest BCUT2D eigenvalue weighted by molar-refractivity contribution is -0.123. The Morgan fingerprint density at radius 3 is 2.43 bits per heavy atom. The van der Waals surface area contributed by atoms with Gasteiger partial charge in [-0.2, -0.15) is 0 Å². The van der Waals surface area contributed by atoms with Gasteiger partial charge in [0.1, 0.15) is 6.54 Å². The monoisotopic (exact) mass is 374 g/mol. The number of carbonyl (C=O) groups is 2. The number of amides is 2. The first-order valence-electron chi connectivity index (χ1n) is 7.32. The standard InChI is InChI=1S/C18H19BrN2O2/c1-13-8-9-17(16(19)10-13)21(14(2)22)12-18(23)20-11-15-6-4-3-5-7-15/h3-10H,11-12H2,1-2H3,(H,20,23). The van der Waals surface area contributed by atoms with Crippen LogP contribution in [0.5, 0.6) is 0 Å². The van der Waals surface area contributed by atoms with Gasteiger partial charge in [0.05, 0.1) is 5.69 Å². The number of anilines is 1. The van der Waals surface area contributed by atoms with Gasteiger partial charge in [0.2, 0.25) is 11.8 Å². The average molecular weight is 375 g/mol. The Balaban J connectivity index is 2.04. The zero-order chi connectivity index (χ0) is 16.8. The second kappa shape index (κ2) is 7.92. The summed E-state index contributed by atoms with van der Waals surface area (Å²) in [6.45, 7) is 3.86. The fourth-order valence-corrected chi connectivity index (χ4v) is 2.90. The minimum Gasteiger partial charge on any atom is -0.350 e. The summed E-state index contributed by atoms with van der Waals surface area (Å²) in [4.78, 5) is 25.5. The van der Waals surface area contributed by atoms with Crippen molar-refractivity contribution in [3.8, 4) is 0 Å². The minimum atomic E-state index is -0.198. The smallest absolute Gasteiger partial charge is 0.240 e. The first-order valence-corrected chi connectivity index (χ1v) is 8.11. The number of nitrogens with one attached hydrogen (secondary N) is 1. The largest absolute Gasteiger partial charge is 0.350 e. The highest BCUT2D eigenvalue weighted by molar-refractivity contribution is 9.10. The maximum absolute atomic E-state index is 12.2. The molecule has 0 unspecified atom stereocenters. The van der Waals surface area contributed by atoms with E-state index in [9.17, 15) is 9.59 Å². The van der Waals surface area contributed by atoms with E-state index in [2.05, 4.69) is 21.2 Å². The fraction of sp³-hybridized carbons (Fsp3) is 0.222. The van der Waals surface area contributed by atoms with Gasteiger partial charge < -0.3 is 10.2 Å². The number of hydrogen-bond donors (Lipinski definition) is 1. The van der Waals surface area contributed by atoms with Gasteiger partial charge in [-0.3, -0.25) is 9.59 Å². The van der Waals surface area contributed by atoms with E-state index >= 15 is 0 Å². The Morgan fingerprint density at radius 1 is 1.13 bits per heavy atom. The molecule has 0 saturated carbocycles. The van der Waals surface area contributed by atoms with E-state index in [1.807, 2.05) is 55.5 Å². The summed E-state index contributed by atoms with van der Waals surface area (Å²) in [7, 11) is 0. The van der Waals surface area contributed by atoms with Gasteiger partial charge in [0, 0.05) is 17.9 Å². The van der Waals surface area contributed by atoms with Gasteiger partial charge in [-0.25, -0.2) is 0 Å². The summed E-state index contributed by atoms with van der Waals surface area (Å²) in [5.41, 5.74) is 2.79. The van der Waals surface area contributed by atoms with Crippen molar-refractivity contribution in [3.05, 3.63) is 64.1 Å². The predicted molar refractivity (Wildman–Crippen MR) is 95.2 cm³/mol. The summed E-state index contributed by atoms with van der Waals surface area (Å²) in [6, 6.07) is 15.3. The van der Waals surface area contributed by atoms with E-state index in [1.165, 1.54) is 11.8 Å². The maximum atomic E-state index is 12.2. The quantitative estimate of drug-likeness (QED) is 0.871. The van der Waals surface area contributed by atoms with Crippen molar-refractivity contribution in [2.75, 3.05) is 11.4 Å². The van der Waals surface area contributed by atoms with Gasteiger partial charge in [-0.1, -0.05) is 36.4 Å². The summed E-state index contributed by atoms with van der Waals surface area (Å²) in [6.07, 6.45) is 0. The van der Waals surface area contributed by atoms with E-state index in [-0.39, 0.29) is 18.4 Å². The van der Waals surface area contributed by atoms with Crippen LogP contribution >= 0.6 is 15.9 Å². The number of aryl methyl sites for hydroxylation is 1. The van der Waals surface area contributed by atoms with Crippen molar-refractivity contribution in [1.82, 2.24) is 5.32 Å². The Labute approximate surface area is 144 Å². The zero-order valence-corrected chi connectivity index (χ0v) is 14.8. The first kappa shape index (κ1) is 17.2. The lowest BCUT2D eigenvalue weighted by Gasteiger charge is -2.22. The van der Waals surface area contributed by atoms with E-state index in [0.29, 0.717) is 12.2 Å². The third-order valence-electron chi connectivity index (χ3n) is 3.41. The lowest BCUT2D eigenvalue weighted by atomic mass is 10.2. The molecule has 0 aliphatic carbocycles. The van der Waals surface area contributed by atoms with Crippen LogP contribution in [0.4, 0.5) is 5.69 Å². The summed E-state index contributed by atoms with van der Waals surface area (Å²) >= 11 is 3.46. The molecule has 2 aromatic carbocycles. The molecule has 0 bridgehead atoms. The Morgan fingerprint density at radius 2 is 1.83 bits per heavy atom. The molecular formula is C18H19BrN2O2. The number of hydrogen-bond acceptors (Lipinski definition) is 2. The molecule has 0 heterocycles. The van der Waals surface area contributed by atoms with E-state index in [1.54, 1.807) is 0 Å². The van der Waals surface area contributed by atoms with Crippen molar-refractivity contribution >= 4 is 33.4 Å². The maximum Gasteiger partial charge on any atom is 0.240 e. The molecule has 0 atom stereocenters. The number of carbonyl (C=O) groups excluding carboxylic acids is 2. The van der Waals surface area contributed by atoms with Gasteiger partial charge in [0.25, 0.3) is 0 Å². The van der Waals surface area contributed by atoms with E-state index < -0.39 is 0 Å². The molecule has 2 aromatic rings. The molecule has 120 valence electrons. The predicted octanol–water partition coefficient (Wildman–Crippen LogP) is 3.43. The Hall–Kier alpha value is -2.14. The van der Waals surface area contributed by atoms with Crippen LogP contribution in [0, 0.1) is 6.92 Å². The molecule has 2 rings (SSSR count). The SMILES string of the molecule is CC(=O)N(CC(=O)NCc1ccccc1)c1ccc(C)cc1Br. The molecule has 4 nitrogen and oxygen atoms in total. The molecular weight excluding hydrogens is 356 g/mol. The molecule has 0 aromatic heterocycles. The zero-order valence-electron chi connectivity index (χ0n) is 13.2. The molecule has 5 heteroatoms. The Kier molecular flexibility index (Phi) is 5.93. The number of benzene rings is 2. The highest BCUT2D eigenvalue weighted by atomic mass is 79.9. The molecule has 0 aliphatic rings. The third kappa shape index (κ3) is 4.93. The van der Waals surface area contributed by atoms with Crippen LogP contribution < -0.4 is 10.2 Å². The van der Waals surface area contributed by atoms with E-state index in [4.69, 9.17) is 0 Å². The molecule has 0 fully saturated rings. The average Bonchev–Trinajstić information content (AvgIpc) is 2.52. The van der Waals surface area contributed by atoms with Crippen LogP contribution in [0.1, 0.15) is 18.1 Å². The van der Waals surface area contributed by atoms with Gasteiger partial charge in [-0.05, 0) is 46.1 Å². The molecule has 2 amide bonds. The number of halogens is 1. The van der Waals surface area contributed by atoms with Gasteiger partial charge in [0.15, 0.2) is 0 Å². The van der Waals surface area contributed by atoms with Crippen molar-refractivity contribution in [3.63, 3.8) is 0 Å². The van der Waals surface area contributed by atoms with Crippen molar-refractivity contribution < 1.29 is 9.59 Å². The fourth-order valence-electron chi connectivity index (χ4n) is 2.19. The number of nitrogens with zero attached hydrogens (tertiary/aromatic N) is 1. The summed E-state index contributed by atoms with van der Waals surface area (Å²) in [5, 5.41) is 2.84. The molecule has 0 spiro atoms. The first-order chi connectivity index (χ1) is 11.0. The van der Waals surface area contributed by atoms with Gasteiger partial charge >= 0.3 is 0 Å². The van der Waals surface area contributed by atoms with Crippen LogP contribution in [0.3, 0.4) is 0 Å². The van der Waals surface area contributed by atoms with Crippen LogP contribution in [0.25, 0.3) is 0 Å². The summed E-state index contributed by atoms with van der Waals surface area (Å²) < 4.78 is 0.795. The molecule has 0 saturated heterocycles. The van der Waals surface area contributed by atoms with Crippen LogP contribution in [-0.4, -0.2) is 18.4 Å². The van der Waals surface area contributed by atoms with Crippen LogP contribution in [0.2, 0.25) is 0 Å². The van der Waals surface area contributed by atoms with Crippen LogP contribution in [0.15, 0.2) is 53.0 Å². The molecule has 0 aliphatic heterocycles.